The first kappa shape index (κ1) is 19.2. The second-order valence-electron chi connectivity index (χ2n) is 6.10. The standard InChI is InChI=1S/C18H23IO6/c1-2-22-18-14(12(20)8-9-19)15(21)16-13(24-18)10-23-17(25-16)11-6-4-3-5-7-11/h3-7,12-14,16-18,20H,2,8-10H2,1H3/t12?,13-,14+,16-,17?,18+/m1/s1. The van der Waals surface area contributed by atoms with E-state index in [0.717, 1.165) is 9.99 Å². The lowest BCUT2D eigenvalue weighted by molar-refractivity contribution is -0.316. The number of rotatable bonds is 6. The molecular formula is C18H23IO6. The van der Waals surface area contributed by atoms with Gasteiger partial charge in [0.05, 0.1) is 18.6 Å². The maximum atomic E-state index is 13.0. The van der Waals surface area contributed by atoms with Crippen LogP contribution >= 0.6 is 22.6 Å². The van der Waals surface area contributed by atoms with Crippen LogP contribution in [-0.4, -0.2) is 53.1 Å². The highest BCUT2D eigenvalue weighted by Crippen LogP contribution is 2.36. The molecule has 0 aliphatic carbocycles. The summed E-state index contributed by atoms with van der Waals surface area (Å²) in [5.41, 5.74) is 0.852. The van der Waals surface area contributed by atoms with E-state index in [1.165, 1.54) is 0 Å². The number of alkyl halides is 1. The summed E-state index contributed by atoms with van der Waals surface area (Å²) in [6.45, 7) is 2.48. The molecule has 6 atom stereocenters. The van der Waals surface area contributed by atoms with Crippen LogP contribution in [0.25, 0.3) is 0 Å². The minimum atomic E-state index is -0.816. The zero-order chi connectivity index (χ0) is 17.8. The maximum Gasteiger partial charge on any atom is 0.184 e. The second kappa shape index (κ2) is 8.88. The van der Waals surface area contributed by atoms with E-state index < -0.39 is 36.8 Å². The third kappa shape index (κ3) is 4.23. The number of aliphatic hydroxyl groups excluding tert-OH is 1. The quantitative estimate of drug-likeness (QED) is 0.517. The van der Waals surface area contributed by atoms with Crippen LogP contribution in [0.15, 0.2) is 30.3 Å². The molecule has 2 saturated heterocycles. The molecule has 2 fully saturated rings. The SMILES string of the molecule is CCO[C@H]1O[C@@H]2COC(c3ccccc3)O[C@H]2C(=O)[C@@H]1C(O)CCI. The normalized spacial score (nSPS) is 33.7. The molecule has 1 N–H and O–H groups in total. The van der Waals surface area contributed by atoms with Crippen molar-refractivity contribution in [2.24, 2.45) is 5.92 Å². The molecule has 0 amide bonds. The number of hydrogen-bond donors (Lipinski definition) is 1. The number of carbonyl (C=O) groups excluding carboxylic acids is 1. The average Bonchev–Trinajstić information content (AvgIpc) is 2.63. The van der Waals surface area contributed by atoms with Crippen LogP contribution in [0.5, 0.6) is 0 Å². The van der Waals surface area contributed by atoms with Crippen LogP contribution in [-0.2, 0) is 23.7 Å². The summed E-state index contributed by atoms with van der Waals surface area (Å²) in [4.78, 5) is 13.0. The van der Waals surface area contributed by atoms with Gasteiger partial charge in [-0.25, -0.2) is 0 Å². The Hall–Kier alpha value is -0.580. The Morgan fingerprint density at radius 3 is 2.76 bits per heavy atom. The van der Waals surface area contributed by atoms with Crippen molar-refractivity contribution in [2.75, 3.05) is 17.6 Å². The van der Waals surface area contributed by atoms with Gasteiger partial charge in [0.25, 0.3) is 0 Å². The molecule has 0 saturated carbocycles. The predicted octanol–water partition coefficient (Wildman–Crippen LogP) is 2.23. The van der Waals surface area contributed by atoms with Crippen molar-refractivity contribution >= 4 is 28.4 Å². The summed E-state index contributed by atoms with van der Waals surface area (Å²) < 4.78 is 23.9. The zero-order valence-electron chi connectivity index (χ0n) is 14.0. The Bertz CT molecular complexity index is 568. The van der Waals surface area contributed by atoms with E-state index in [1.807, 2.05) is 37.3 Å². The van der Waals surface area contributed by atoms with Crippen molar-refractivity contribution in [2.45, 2.75) is 44.2 Å². The lowest BCUT2D eigenvalue weighted by Crippen LogP contribution is -2.60. The third-order valence-electron chi connectivity index (χ3n) is 4.45. The van der Waals surface area contributed by atoms with Crippen molar-refractivity contribution in [3.05, 3.63) is 35.9 Å². The van der Waals surface area contributed by atoms with E-state index in [4.69, 9.17) is 18.9 Å². The van der Waals surface area contributed by atoms with Gasteiger partial charge in [0.1, 0.15) is 12.2 Å². The zero-order valence-corrected chi connectivity index (χ0v) is 16.2. The molecule has 0 bridgehead atoms. The van der Waals surface area contributed by atoms with Crippen molar-refractivity contribution in [3.8, 4) is 0 Å². The fourth-order valence-electron chi connectivity index (χ4n) is 3.23. The minimum absolute atomic E-state index is 0.170. The van der Waals surface area contributed by atoms with Crippen molar-refractivity contribution in [1.82, 2.24) is 0 Å². The molecule has 138 valence electrons. The molecule has 25 heavy (non-hydrogen) atoms. The lowest BCUT2D eigenvalue weighted by Gasteiger charge is -2.44. The number of halogens is 1. The third-order valence-corrected chi connectivity index (χ3v) is 5.08. The number of aliphatic hydroxyl groups is 1. The molecular weight excluding hydrogens is 439 g/mol. The smallest absolute Gasteiger partial charge is 0.184 e. The topological polar surface area (TPSA) is 74.2 Å². The van der Waals surface area contributed by atoms with Crippen LogP contribution < -0.4 is 0 Å². The minimum Gasteiger partial charge on any atom is -0.392 e. The van der Waals surface area contributed by atoms with Gasteiger partial charge < -0.3 is 24.1 Å². The summed E-state index contributed by atoms with van der Waals surface area (Å²) in [5, 5.41) is 10.4. The Kier molecular flexibility index (Phi) is 6.81. The number of ether oxygens (including phenoxy) is 4. The Balaban J connectivity index is 1.78. The molecule has 0 spiro atoms. The van der Waals surface area contributed by atoms with Crippen LogP contribution in [0.1, 0.15) is 25.2 Å². The Labute approximate surface area is 160 Å². The van der Waals surface area contributed by atoms with Gasteiger partial charge in [-0.15, -0.1) is 0 Å². The van der Waals surface area contributed by atoms with Crippen LogP contribution in [0.2, 0.25) is 0 Å². The van der Waals surface area contributed by atoms with E-state index >= 15 is 0 Å². The molecule has 0 aromatic heterocycles. The van der Waals surface area contributed by atoms with Gasteiger partial charge in [0, 0.05) is 16.6 Å². The average molecular weight is 462 g/mol. The van der Waals surface area contributed by atoms with Gasteiger partial charge in [0.2, 0.25) is 0 Å². The lowest BCUT2D eigenvalue weighted by atomic mass is 9.86. The van der Waals surface area contributed by atoms with Crippen molar-refractivity contribution in [1.29, 1.82) is 0 Å². The van der Waals surface area contributed by atoms with Crippen molar-refractivity contribution < 1.29 is 28.8 Å². The Morgan fingerprint density at radius 1 is 1.32 bits per heavy atom. The molecule has 7 heteroatoms. The molecule has 2 aliphatic rings. The molecule has 1 aromatic rings. The number of carbonyl (C=O) groups is 1. The van der Waals surface area contributed by atoms with Gasteiger partial charge in [-0.2, -0.15) is 0 Å². The molecule has 2 unspecified atom stereocenters. The van der Waals surface area contributed by atoms with Gasteiger partial charge >= 0.3 is 0 Å². The van der Waals surface area contributed by atoms with Crippen molar-refractivity contribution in [3.63, 3.8) is 0 Å². The number of ketones is 1. The summed E-state index contributed by atoms with van der Waals surface area (Å²) in [6, 6.07) is 9.49. The van der Waals surface area contributed by atoms with E-state index in [9.17, 15) is 9.90 Å². The molecule has 2 heterocycles. The van der Waals surface area contributed by atoms with Gasteiger partial charge in [-0.05, 0) is 13.3 Å². The van der Waals surface area contributed by atoms with Gasteiger partial charge in [-0.3, -0.25) is 4.79 Å². The van der Waals surface area contributed by atoms with Crippen LogP contribution in [0.3, 0.4) is 0 Å². The monoisotopic (exact) mass is 462 g/mol. The first-order valence-corrected chi connectivity index (χ1v) is 10.0. The number of fused-ring (bicyclic) bond motifs is 1. The first-order chi connectivity index (χ1) is 12.2. The molecule has 0 radical (unpaired) electrons. The largest absolute Gasteiger partial charge is 0.392 e. The molecule has 2 aliphatic heterocycles. The van der Waals surface area contributed by atoms with E-state index in [-0.39, 0.29) is 12.4 Å². The summed E-state index contributed by atoms with van der Waals surface area (Å²) in [7, 11) is 0. The maximum absolute atomic E-state index is 13.0. The van der Waals surface area contributed by atoms with E-state index in [2.05, 4.69) is 22.6 Å². The van der Waals surface area contributed by atoms with E-state index in [0.29, 0.717) is 13.0 Å². The molecule has 3 rings (SSSR count). The predicted molar refractivity (Wildman–Crippen MR) is 98.3 cm³/mol. The van der Waals surface area contributed by atoms with Gasteiger partial charge in [0.15, 0.2) is 18.4 Å². The molecule has 6 nitrogen and oxygen atoms in total. The summed E-state index contributed by atoms with van der Waals surface area (Å²) in [6.07, 6.45) is -2.97. The van der Waals surface area contributed by atoms with Crippen LogP contribution in [0, 0.1) is 5.92 Å². The molecule has 1 aromatic carbocycles. The highest BCUT2D eigenvalue weighted by molar-refractivity contribution is 14.1. The highest BCUT2D eigenvalue weighted by Gasteiger charge is 2.51. The van der Waals surface area contributed by atoms with E-state index in [1.54, 1.807) is 0 Å². The van der Waals surface area contributed by atoms with Gasteiger partial charge in [-0.1, -0.05) is 52.9 Å². The fraction of sp³-hybridized carbons (Fsp3) is 0.611. The fourth-order valence-corrected chi connectivity index (χ4v) is 3.86. The summed E-state index contributed by atoms with van der Waals surface area (Å²) in [5.74, 6) is -0.915. The first-order valence-electron chi connectivity index (χ1n) is 8.52. The second-order valence-corrected chi connectivity index (χ2v) is 7.18. The van der Waals surface area contributed by atoms with Crippen LogP contribution in [0.4, 0.5) is 0 Å². The summed E-state index contributed by atoms with van der Waals surface area (Å²) >= 11 is 2.18. The number of hydrogen-bond acceptors (Lipinski definition) is 6. The number of benzene rings is 1. The number of Topliss-reactive ketones (excluding diaryl/α,β-unsaturated/α-hetero) is 1. The highest BCUT2D eigenvalue weighted by atomic mass is 127. The Morgan fingerprint density at radius 2 is 2.08 bits per heavy atom.